The van der Waals surface area contributed by atoms with E-state index >= 15 is 0 Å². The number of hydrogen-bond donors (Lipinski definition) is 0. The van der Waals surface area contributed by atoms with Crippen LogP contribution in [-0.2, 0) is 15.3 Å². The average Bonchev–Trinajstić information content (AvgIpc) is 2.95. The number of benzene rings is 1. The Morgan fingerprint density at radius 1 is 1.40 bits per heavy atom. The Labute approximate surface area is 121 Å². The van der Waals surface area contributed by atoms with Crippen molar-refractivity contribution in [2.24, 2.45) is 0 Å². The number of rotatable bonds is 6. The molecule has 0 aliphatic rings. The van der Waals surface area contributed by atoms with Gasteiger partial charge in [0.15, 0.2) is 0 Å². The van der Waals surface area contributed by atoms with Crippen LogP contribution in [0.1, 0.15) is 19.2 Å². The van der Waals surface area contributed by atoms with Gasteiger partial charge in [0.2, 0.25) is 11.7 Å². The number of thioether (sulfide) groups is 1. The Bertz CT molecular complexity index is 557. The molecular formula is C14H16N2O3S. The number of esters is 1. The summed E-state index contributed by atoms with van der Waals surface area (Å²) in [6.07, 6.45) is 0.376. The minimum atomic E-state index is -0.208. The zero-order valence-corrected chi connectivity index (χ0v) is 12.2. The fraction of sp³-hybridized carbons (Fsp3) is 0.357. The maximum absolute atomic E-state index is 11.1. The molecule has 1 aromatic carbocycles. The molecule has 20 heavy (non-hydrogen) atoms. The predicted octanol–water partition coefficient (Wildman–Crippen LogP) is 2.92. The molecule has 1 unspecified atom stereocenters. The van der Waals surface area contributed by atoms with E-state index in [2.05, 4.69) is 14.9 Å². The summed E-state index contributed by atoms with van der Waals surface area (Å²) >= 11 is 1.58. The van der Waals surface area contributed by atoms with Crippen LogP contribution >= 0.6 is 11.8 Å². The average molecular weight is 292 g/mol. The van der Waals surface area contributed by atoms with E-state index in [0.29, 0.717) is 23.9 Å². The van der Waals surface area contributed by atoms with Crippen molar-refractivity contribution in [1.29, 1.82) is 0 Å². The highest BCUT2D eigenvalue weighted by Gasteiger charge is 2.13. The van der Waals surface area contributed by atoms with Crippen LogP contribution in [0.15, 0.2) is 34.9 Å². The molecule has 1 heterocycles. The molecule has 5 nitrogen and oxygen atoms in total. The van der Waals surface area contributed by atoms with E-state index in [1.807, 2.05) is 37.3 Å². The molecule has 2 rings (SSSR count). The SMILES string of the molecule is COC(=O)CC(C)SCc1nc(-c2ccccc2)no1. The summed E-state index contributed by atoms with van der Waals surface area (Å²) in [5.74, 6) is 1.52. The van der Waals surface area contributed by atoms with Crippen LogP contribution in [-0.4, -0.2) is 28.5 Å². The van der Waals surface area contributed by atoms with Crippen LogP contribution in [0.25, 0.3) is 11.4 Å². The molecule has 0 N–H and O–H groups in total. The first-order chi connectivity index (χ1) is 9.69. The molecular weight excluding hydrogens is 276 g/mol. The first-order valence-electron chi connectivity index (χ1n) is 6.25. The number of methoxy groups -OCH3 is 1. The van der Waals surface area contributed by atoms with Gasteiger partial charge in [-0.3, -0.25) is 4.79 Å². The van der Waals surface area contributed by atoms with E-state index in [1.54, 1.807) is 11.8 Å². The van der Waals surface area contributed by atoms with Crippen LogP contribution in [0.4, 0.5) is 0 Å². The zero-order chi connectivity index (χ0) is 14.4. The lowest BCUT2D eigenvalue weighted by molar-refractivity contribution is -0.140. The summed E-state index contributed by atoms with van der Waals surface area (Å²) in [6, 6.07) is 9.66. The monoisotopic (exact) mass is 292 g/mol. The van der Waals surface area contributed by atoms with Crippen molar-refractivity contribution >= 4 is 17.7 Å². The Kier molecular flexibility index (Phi) is 5.17. The fourth-order valence-electron chi connectivity index (χ4n) is 1.61. The molecule has 1 aromatic heterocycles. The van der Waals surface area contributed by atoms with Gasteiger partial charge in [0.1, 0.15) is 0 Å². The zero-order valence-electron chi connectivity index (χ0n) is 11.4. The van der Waals surface area contributed by atoms with Gasteiger partial charge in [-0.1, -0.05) is 42.4 Å². The molecule has 0 amide bonds. The number of ether oxygens (including phenoxy) is 1. The third kappa shape index (κ3) is 4.09. The maximum Gasteiger partial charge on any atom is 0.306 e. The first kappa shape index (κ1) is 14.6. The molecule has 2 aromatic rings. The number of hydrogen-bond acceptors (Lipinski definition) is 6. The smallest absolute Gasteiger partial charge is 0.306 e. The molecule has 0 aliphatic heterocycles. The third-order valence-corrected chi connectivity index (χ3v) is 3.82. The van der Waals surface area contributed by atoms with Gasteiger partial charge < -0.3 is 9.26 Å². The Hall–Kier alpha value is -1.82. The fourth-order valence-corrected chi connectivity index (χ4v) is 2.41. The lowest BCUT2D eigenvalue weighted by Gasteiger charge is -2.07. The topological polar surface area (TPSA) is 65.2 Å². The molecule has 0 radical (unpaired) electrons. The number of nitrogens with zero attached hydrogens (tertiary/aromatic N) is 2. The van der Waals surface area contributed by atoms with Gasteiger partial charge in [-0.15, -0.1) is 11.8 Å². The van der Waals surface area contributed by atoms with E-state index in [4.69, 9.17) is 4.52 Å². The summed E-state index contributed by atoms with van der Waals surface area (Å²) in [5.41, 5.74) is 0.926. The molecule has 0 bridgehead atoms. The van der Waals surface area contributed by atoms with E-state index < -0.39 is 0 Å². The van der Waals surface area contributed by atoms with Gasteiger partial charge in [0.25, 0.3) is 0 Å². The Morgan fingerprint density at radius 2 is 2.15 bits per heavy atom. The molecule has 6 heteroatoms. The molecule has 0 spiro atoms. The standard InChI is InChI=1S/C14H16N2O3S/c1-10(8-13(17)18-2)20-9-12-15-14(16-19-12)11-6-4-3-5-7-11/h3-7,10H,8-9H2,1-2H3. The van der Waals surface area contributed by atoms with E-state index in [1.165, 1.54) is 7.11 Å². The quantitative estimate of drug-likeness (QED) is 0.763. The second-order valence-corrected chi connectivity index (χ2v) is 5.71. The maximum atomic E-state index is 11.1. The molecule has 0 fully saturated rings. The molecule has 0 aliphatic carbocycles. The van der Waals surface area contributed by atoms with Gasteiger partial charge in [-0.2, -0.15) is 4.98 Å². The third-order valence-electron chi connectivity index (χ3n) is 2.67. The predicted molar refractivity (Wildman–Crippen MR) is 77.1 cm³/mol. The normalized spacial score (nSPS) is 12.1. The Morgan fingerprint density at radius 3 is 2.85 bits per heavy atom. The summed E-state index contributed by atoms with van der Waals surface area (Å²) in [7, 11) is 1.39. The summed E-state index contributed by atoms with van der Waals surface area (Å²) in [4.78, 5) is 15.5. The van der Waals surface area contributed by atoms with E-state index in [9.17, 15) is 4.79 Å². The van der Waals surface area contributed by atoms with Gasteiger partial charge >= 0.3 is 5.97 Å². The van der Waals surface area contributed by atoms with Crippen molar-refractivity contribution < 1.29 is 14.1 Å². The summed E-state index contributed by atoms with van der Waals surface area (Å²) < 4.78 is 9.83. The number of aromatic nitrogens is 2. The van der Waals surface area contributed by atoms with Crippen LogP contribution in [0.3, 0.4) is 0 Å². The van der Waals surface area contributed by atoms with Crippen molar-refractivity contribution in [1.82, 2.24) is 10.1 Å². The van der Waals surface area contributed by atoms with Crippen LogP contribution in [0.2, 0.25) is 0 Å². The van der Waals surface area contributed by atoms with Crippen molar-refractivity contribution in [3.05, 3.63) is 36.2 Å². The Balaban J connectivity index is 1.89. The minimum absolute atomic E-state index is 0.148. The molecule has 106 valence electrons. The lowest BCUT2D eigenvalue weighted by atomic mass is 10.2. The van der Waals surface area contributed by atoms with Crippen molar-refractivity contribution in [3.63, 3.8) is 0 Å². The van der Waals surface area contributed by atoms with Crippen LogP contribution < -0.4 is 0 Å². The van der Waals surface area contributed by atoms with Gasteiger partial charge in [0.05, 0.1) is 19.3 Å². The highest BCUT2D eigenvalue weighted by molar-refractivity contribution is 7.99. The number of carbonyl (C=O) groups is 1. The van der Waals surface area contributed by atoms with Crippen molar-refractivity contribution in [3.8, 4) is 11.4 Å². The second kappa shape index (κ2) is 7.09. The van der Waals surface area contributed by atoms with Crippen LogP contribution in [0.5, 0.6) is 0 Å². The van der Waals surface area contributed by atoms with Crippen molar-refractivity contribution in [2.45, 2.75) is 24.3 Å². The lowest BCUT2D eigenvalue weighted by Crippen LogP contribution is -2.08. The summed E-state index contributed by atoms with van der Waals surface area (Å²) in [6.45, 7) is 1.97. The first-order valence-corrected chi connectivity index (χ1v) is 7.30. The highest BCUT2D eigenvalue weighted by Crippen LogP contribution is 2.21. The number of carbonyl (C=O) groups excluding carboxylic acids is 1. The minimum Gasteiger partial charge on any atom is -0.469 e. The van der Waals surface area contributed by atoms with E-state index in [-0.39, 0.29) is 11.2 Å². The van der Waals surface area contributed by atoms with E-state index in [0.717, 1.165) is 5.56 Å². The van der Waals surface area contributed by atoms with Gasteiger partial charge in [-0.25, -0.2) is 0 Å². The second-order valence-electron chi connectivity index (χ2n) is 4.28. The van der Waals surface area contributed by atoms with Gasteiger partial charge in [0, 0.05) is 10.8 Å². The largest absolute Gasteiger partial charge is 0.469 e. The van der Waals surface area contributed by atoms with Crippen molar-refractivity contribution in [2.75, 3.05) is 7.11 Å². The molecule has 0 saturated carbocycles. The van der Waals surface area contributed by atoms with Crippen LogP contribution in [0, 0.1) is 0 Å². The summed E-state index contributed by atoms with van der Waals surface area (Å²) in [5, 5.41) is 4.10. The molecule has 0 saturated heterocycles. The highest BCUT2D eigenvalue weighted by atomic mass is 32.2. The van der Waals surface area contributed by atoms with Gasteiger partial charge in [-0.05, 0) is 0 Å². The molecule has 1 atom stereocenters.